The van der Waals surface area contributed by atoms with Gasteiger partial charge in [-0.1, -0.05) is 30.3 Å². The second-order valence-corrected chi connectivity index (χ2v) is 5.44. The number of methoxy groups -OCH3 is 1. The van der Waals surface area contributed by atoms with Gasteiger partial charge in [0.1, 0.15) is 17.1 Å². The number of carboxylic acid groups (broad SMARTS) is 1. The molecule has 126 valence electrons. The summed E-state index contributed by atoms with van der Waals surface area (Å²) in [6.45, 7) is -0.230. The summed E-state index contributed by atoms with van der Waals surface area (Å²) in [6.07, 6.45) is 0. The summed E-state index contributed by atoms with van der Waals surface area (Å²) in [5.41, 5.74) is 0.534. The van der Waals surface area contributed by atoms with Crippen molar-refractivity contribution in [3.8, 4) is 11.5 Å². The first-order valence-corrected chi connectivity index (χ1v) is 7.64. The zero-order valence-electron chi connectivity index (χ0n) is 13.6. The number of aromatic carboxylic acids is 1. The Labute approximate surface area is 144 Å². The second-order valence-electron chi connectivity index (χ2n) is 5.44. The molecule has 25 heavy (non-hydrogen) atoms. The van der Waals surface area contributed by atoms with Gasteiger partial charge in [-0.25, -0.2) is 4.79 Å². The highest BCUT2D eigenvalue weighted by Gasteiger charge is 2.13. The van der Waals surface area contributed by atoms with Gasteiger partial charge in [0.15, 0.2) is 12.4 Å². The van der Waals surface area contributed by atoms with Gasteiger partial charge in [-0.3, -0.25) is 4.79 Å². The van der Waals surface area contributed by atoms with E-state index in [0.717, 1.165) is 16.5 Å². The van der Waals surface area contributed by atoms with Gasteiger partial charge in [0.05, 0.1) is 7.11 Å². The van der Waals surface area contributed by atoms with E-state index in [1.54, 1.807) is 31.4 Å². The predicted octanol–water partition coefficient (Wildman–Crippen LogP) is 3.81. The number of Topliss-reactive ketones (excluding diaryl/α,β-unsaturated/α-hetero) is 1. The van der Waals surface area contributed by atoms with E-state index in [1.807, 2.05) is 24.3 Å². The number of ketones is 1. The van der Waals surface area contributed by atoms with Gasteiger partial charge in [0, 0.05) is 5.56 Å². The van der Waals surface area contributed by atoms with Crippen LogP contribution in [0.5, 0.6) is 11.5 Å². The van der Waals surface area contributed by atoms with Crippen LogP contribution in [0.4, 0.5) is 0 Å². The summed E-state index contributed by atoms with van der Waals surface area (Å²) >= 11 is 0. The highest BCUT2D eigenvalue weighted by molar-refractivity contribution is 6.01. The number of hydrogen-bond acceptors (Lipinski definition) is 4. The summed E-state index contributed by atoms with van der Waals surface area (Å²) in [5, 5.41) is 11.0. The first-order valence-electron chi connectivity index (χ1n) is 7.64. The summed E-state index contributed by atoms with van der Waals surface area (Å²) in [6, 6.07) is 17.2. The van der Waals surface area contributed by atoms with Gasteiger partial charge < -0.3 is 14.6 Å². The van der Waals surface area contributed by atoms with E-state index in [9.17, 15) is 9.59 Å². The molecule has 0 saturated carbocycles. The fourth-order valence-corrected chi connectivity index (χ4v) is 2.52. The highest BCUT2D eigenvalue weighted by Crippen LogP contribution is 2.23. The lowest BCUT2D eigenvalue weighted by molar-refractivity contribution is 0.0689. The quantitative estimate of drug-likeness (QED) is 0.693. The first kappa shape index (κ1) is 16.5. The van der Waals surface area contributed by atoms with E-state index in [-0.39, 0.29) is 23.7 Å². The number of carbonyl (C=O) groups excluding carboxylic acids is 1. The van der Waals surface area contributed by atoms with Crippen molar-refractivity contribution >= 4 is 22.5 Å². The molecule has 0 bridgehead atoms. The highest BCUT2D eigenvalue weighted by atomic mass is 16.5. The Hall–Kier alpha value is -3.34. The lowest BCUT2D eigenvalue weighted by atomic mass is 10.0. The minimum Gasteiger partial charge on any atom is -0.497 e. The smallest absolute Gasteiger partial charge is 0.339 e. The van der Waals surface area contributed by atoms with Gasteiger partial charge in [0.25, 0.3) is 0 Å². The number of fused-ring (bicyclic) bond motifs is 1. The Morgan fingerprint density at radius 2 is 1.68 bits per heavy atom. The van der Waals surface area contributed by atoms with Crippen molar-refractivity contribution in [3.05, 3.63) is 71.8 Å². The van der Waals surface area contributed by atoms with Crippen LogP contribution in [0.25, 0.3) is 10.8 Å². The zero-order chi connectivity index (χ0) is 17.8. The molecular formula is C20H16O5. The fraction of sp³-hybridized carbons (Fsp3) is 0.100. The van der Waals surface area contributed by atoms with Crippen LogP contribution in [0.15, 0.2) is 60.7 Å². The molecule has 0 spiro atoms. The number of benzene rings is 3. The molecule has 3 aromatic carbocycles. The monoisotopic (exact) mass is 336 g/mol. The van der Waals surface area contributed by atoms with E-state index in [1.165, 1.54) is 12.1 Å². The SMILES string of the molecule is COc1ccc2cc(C(=O)COc3ccccc3C(=O)O)ccc2c1. The summed E-state index contributed by atoms with van der Waals surface area (Å²) < 4.78 is 10.6. The Bertz CT molecular complexity index is 946. The minimum absolute atomic E-state index is 0.0286. The van der Waals surface area contributed by atoms with E-state index < -0.39 is 5.97 Å². The maximum absolute atomic E-state index is 12.4. The fourth-order valence-electron chi connectivity index (χ4n) is 2.52. The third kappa shape index (κ3) is 3.61. The number of ether oxygens (including phenoxy) is 2. The molecule has 1 N–H and O–H groups in total. The van der Waals surface area contributed by atoms with Crippen LogP contribution in [0.1, 0.15) is 20.7 Å². The lowest BCUT2D eigenvalue weighted by Gasteiger charge is -2.09. The molecule has 0 atom stereocenters. The van der Waals surface area contributed by atoms with Gasteiger partial charge in [-0.15, -0.1) is 0 Å². The number of hydrogen-bond donors (Lipinski definition) is 1. The molecule has 0 aliphatic heterocycles. The molecule has 0 aliphatic rings. The molecule has 0 aliphatic carbocycles. The standard InChI is InChI=1S/C20H16O5/c1-24-16-9-8-13-10-15(7-6-14(13)11-16)18(21)12-25-19-5-3-2-4-17(19)20(22)23/h2-11H,12H2,1H3,(H,22,23). The maximum atomic E-state index is 12.4. The Morgan fingerprint density at radius 3 is 2.44 bits per heavy atom. The normalized spacial score (nSPS) is 10.4. The number of rotatable bonds is 6. The molecule has 3 aromatic rings. The van der Waals surface area contributed by atoms with Crippen molar-refractivity contribution in [2.45, 2.75) is 0 Å². The molecule has 0 fully saturated rings. The van der Waals surface area contributed by atoms with Crippen molar-refractivity contribution < 1.29 is 24.2 Å². The average Bonchev–Trinajstić information content (AvgIpc) is 2.65. The van der Waals surface area contributed by atoms with Crippen molar-refractivity contribution in [1.82, 2.24) is 0 Å². The first-order chi connectivity index (χ1) is 12.1. The van der Waals surface area contributed by atoms with E-state index in [0.29, 0.717) is 5.56 Å². The third-order valence-electron chi connectivity index (χ3n) is 3.85. The molecule has 0 saturated heterocycles. The topological polar surface area (TPSA) is 72.8 Å². The molecular weight excluding hydrogens is 320 g/mol. The van der Waals surface area contributed by atoms with E-state index in [4.69, 9.17) is 14.6 Å². The third-order valence-corrected chi connectivity index (χ3v) is 3.85. The molecule has 5 heteroatoms. The molecule has 0 aromatic heterocycles. The largest absolute Gasteiger partial charge is 0.497 e. The van der Waals surface area contributed by atoms with Gasteiger partial charge in [-0.05, 0) is 41.1 Å². The number of carbonyl (C=O) groups is 2. The maximum Gasteiger partial charge on any atom is 0.339 e. The van der Waals surface area contributed by atoms with Gasteiger partial charge in [-0.2, -0.15) is 0 Å². The number of para-hydroxylation sites is 1. The van der Waals surface area contributed by atoms with E-state index >= 15 is 0 Å². The summed E-state index contributed by atoms with van der Waals surface area (Å²) in [4.78, 5) is 23.5. The van der Waals surface area contributed by atoms with Crippen LogP contribution >= 0.6 is 0 Å². The van der Waals surface area contributed by atoms with Crippen LogP contribution in [0.2, 0.25) is 0 Å². The molecule has 0 heterocycles. The number of carboxylic acids is 1. The molecule has 0 unspecified atom stereocenters. The Balaban J connectivity index is 1.77. The van der Waals surface area contributed by atoms with Crippen LogP contribution in [0, 0.1) is 0 Å². The molecule has 3 rings (SSSR count). The molecule has 0 radical (unpaired) electrons. The van der Waals surface area contributed by atoms with Crippen LogP contribution in [-0.2, 0) is 0 Å². The molecule has 0 amide bonds. The molecule has 5 nitrogen and oxygen atoms in total. The van der Waals surface area contributed by atoms with Crippen molar-refractivity contribution in [3.63, 3.8) is 0 Å². The minimum atomic E-state index is -1.09. The van der Waals surface area contributed by atoms with Crippen LogP contribution < -0.4 is 9.47 Å². The summed E-state index contributed by atoms with van der Waals surface area (Å²) in [7, 11) is 1.60. The average molecular weight is 336 g/mol. The van der Waals surface area contributed by atoms with Crippen LogP contribution in [-0.4, -0.2) is 30.6 Å². The Kier molecular flexibility index (Phi) is 4.66. The van der Waals surface area contributed by atoms with Crippen molar-refractivity contribution in [1.29, 1.82) is 0 Å². The van der Waals surface area contributed by atoms with Crippen LogP contribution in [0.3, 0.4) is 0 Å². The van der Waals surface area contributed by atoms with Crippen molar-refractivity contribution in [2.75, 3.05) is 13.7 Å². The zero-order valence-corrected chi connectivity index (χ0v) is 13.6. The predicted molar refractivity (Wildman–Crippen MR) is 93.7 cm³/mol. The van der Waals surface area contributed by atoms with E-state index in [2.05, 4.69) is 0 Å². The second kappa shape index (κ2) is 7.05. The van der Waals surface area contributed by atoms with Gasteiger partial charge in [0.2, 0.25) is 0 Å². The van der Waals surface area contributed by atoms with Crippen molar-refractivity contribution in [2.24, 2.45) is 0 Å². The van der Waals surface area contributed by atoms with Gasteiger partial charge >= 0.3 is 5.97 Å². The summed E-state index contributed by atoms with van der Waals surface area (Å²) in [5.74, 6) is -0.394. The Morgan fingerprint density at radius 1 is 0.960 bits per heavy atom. The lowest BCUT2D eigenvalue weighted by Crippen LogP contribution is -2.13.